The maximum absolute atomic E-state index is 12.3. The monoisotopic (exact) mass is 324 g/mol. The van der Waals surface area contributed by atoms with Gasteiger partial charge in [0.05, 0.1) is 0 Å². The van der Waals surface area contributed by atoms with Crippen molar-refractivity contribution in [2.45, 2.75) is 13.0 Å². The molecule has 0 radical (unpaired) electrons. The SMILES string of the molecule is C[C@@H](Nc1cccc2ccccc12)C(=O)Nc1cccc(Cl)c1. The predicted octanol–water partition coefficient (Wildman–Crippen LogP) is 4.93. The summed E-state index contributed by atoms with van der Waals surface area (Å²) in [6.45, 7) is 1.83. The summed E-state index contributed by atoms with van der Waals surface area (Å²) in [6.07, 6.45) is 0. The quantitative estimate of drug-likeness (QED) is 0.714. The highest BCUT2D eigenvalue weighted by molar-refractivity contribution is 6.30. The molecule has 0 fully saturated rings. The van der Waals surface area contributed by atoms with Gasteiger partial charge < -0.3 is 10.6 Å². The molecule has 116 valence electrons. The van der Waals surface area contributed by atoms with Gasteiger partial charge in [0.2, 0.25) is 5.91 Å². The summed E-state index contributed by atoms with van der Waals surface area (Å²) >= 11 is 5.94. The molecule has 0 saturated heterocycles. The van der Waals surface area contributed by atoms with Crippen LogP contribution in [0.15, 0.2) is 66.7 Å². The van der Waals surface area contributed by atoms with Crippen LogP contribution in [0.2, 0.25) is 5.02 Å². The van der Waals surface area contributed by atoms with Crippen molar-refractivity contribution in [1.29, 1.82) is 0 Å². The van der Waals surface area contributed by atoms with Gasteiger partial charge in [0.15, 0.2) is 0 Å². The molecule has 0 aliphatic carbocycles. The summed E-state index contributed by atoms with van der Waals surface area (Å²) in [7, 11) is 0. The Kier molecular flexibility index (Phi) is 4.49. The Labute approximate surface area is 140 Å². The third kappa shape index (κ3) is 3.63. The first-order valence-electron chi connectivity index (χ1n) is 7.44. The topological polar surface area (TPSA) is 41.1 Å². The molecule has 4 heteroatoms. The summed E-state index contributed by atoms with van der Waals surface area (Å²) < 4.78 is 0. The molecule has 0 saturated carbocycles. The van der Waals surface area contributed by atoms with Crippen LogP contribution in [0.4, 0.5) is 11.4 Å². The van der Waals surface area contributed by atoms with Gasteiger partial charge in [-0.1, -0.05) is 54.1 Å². The van der Waals surface area contributed by atoms with Gasteiger partial charge in [0.25, 0.3) is 0 Å². The molecule has 0 bridgehead atoms. The molecule has 23 heavy (non-hydrogen) atoms. The lowest BCUT2D eigenvalue weighted by molar-refractivity contribution is -0.116. The van der Waals surface area contributed by atoms with Crippen molar-refractivity contribution < 1.29 is 4.79 Å². The molecule has 0 unspecified atom stereocenters. The fourth-order valence-corrected chi connectivity index (χ4v) is 2.66. The molecule has 3 nitrogen and oxygen atoms in total. The summed E-state index contributed by atoms with van der Waals surface area (Å²) in [5.74, 6) is -0.111. The van der Waals surface area contributed by atoms with Gasteiger partial charge in [-0.3, -0.25) is 4.79 Å². The number of anilines is 2. The van der Waals surface area contributed by atoms with Crippen molar-refractivity contribution in [3.05, 3.63) is 71.8 Å². The van der Waals surface area contributed by atoms with Crippen molar-refractivity contribution in [3.8, 4) is 0 Å². The van der Waals surface area contributed by atoms with E-state index in [0.717, 1.165) is 16.5 Å². The van der Waals surface area contributed by atoms with Gasteiger partial charge in [-0.05, 0) is 36.6 Å². The smallest absolute Gasteiger partial charge is 0.246 e. The summed E-state index contributed by atoms with van der Waals surface area (Å²) in [5, 5.41) is 8.97. The van der Waals surface area contributed by atoms with Crippen molar-refractivity contribution in [1.82, 2.24) is 0 Å². The maximum Gasteiger partial charge on any atom is 0.246 e. The fourth-order valence-electron chi connectivity index (χ4n) is 2.47. The van der Waals surface area contributed by atoms with Crippen molar-refractivity contribution in [3.63, 3.8) is 0 Å². The highest BCUT2D eigenvalue weighted by Crippen LogP contribution is 2.24. The van der Waals surface area contributed by atoms with E-state index in [1.165, 1.54) is 0 Å². The first-order chi connectivity index (χ1) is 11.1. The summed E-state index contributed by atoms with van der Waals surface area (Å²) in [6, 6.07) is 20.8. The lowest BCUT2D eigenvalue weighted by Gasteiger charge is -2.17. The Morgan fingerprint density at radius 2 is 1.74 bits per heavy atom. The Hall–Kier alpha value is -2.52. The van der Waals surface area contributed by atoms with E-state index in [1.54, 1.807) is 18.2 Å². The van der Waals surface area contributed by atoms with E-state index in [9.17, 15) is 4.79 Å². The van der Waals surface area contributed by atoms with Crippen LogP contribution < -0.4 is 10.6 Å². The third-order valence-corrected chi connectivity index (χ3v) is 3.88. The van der Waals surface area contributed by atoms with Gasteiger partial charge in [0.1, 0.15) is 6.04 Å². The van der Waals surface area contributed by atoms with Gasteiger partial charge in [-0.25, -0.2) is 0 Å². The highest BCUT2D eigenvalue weighted by atomic mass is 35.5. The molecule has 2 N–H and O–H groups in total. The first-order valence-corrected chi connectivity index (χ1v) is 7.82. The van der Waals surface area contributed by atoms with Crippen LogP contribution in [0, 0.1) is 0 Å². The average Bonchev–Trinajstić information content (AvgIpc) is 2.55. The molecular weight excluding hydrogens is 308 g/mol. The molecule has 0 spiro atoms. The minimum atomic E-state index is -0.375. The predicted molar refractivity (Wildman–Crippen MR) is 97.1 cm³/mol. The molecule has 1 atom stereocenters. The molecule has 3 aromatic carbocycles. The van der Waals surface area contributed by atoms with E-state index in [-0.39, 0.29) is 11.9 Å². The zero-order valence-corrected chi connectivity index (χ0v) is 13.5. The van der Waals surface area contributed by atoms with Gasteiger partial charge in [-0.15, -0.1) is 0 Å². The van der Waals surface area contributed by atoms with E-state index in [0.29, 0.717) is 10.7 Å². The van der Waals surface area contributed by atoms with Crippen LogP contribution >= 0.6 is 11.6 Å². The number of rotatable bonds is 4. The number of hydrogen-bond donors (Lipinski definition) is 2. The number of carbonyl (C=O) groups excluding carboxylic acids is 1. The number of fused-ring (bicyclic) bond motifs is 1. The highest BCUT2D eigenvalue weighted by Gasteiger charge is 2.14. The molecule has 0 aromatic heterocycles. The summed E-state index contributed by atoms with van der Waals surface area (Å²) in [5.41, 5.74) is 1.63. The molecule has 0 aliphatic rings. The Balaban J connectivity index is 1.75. The van der Waals surface area contributed by atoms with E-state index in [2.05, 4.69) is 22.8 Å². The number of carbonyl (C=O) groups is 1. The second-order valence-corrected chi connectivity index (χ2v) is 5.83. The second kappa shape index (κ2) is 6.71. The van der Waals surface area contributed by atoms with E-state index in [1.807, 2.05) is 43.3 Å². The van der Waals surface area contributed by atoms with Crippen molar-refractivity contribution in [2.24, 2.45) is 0 Å². The molecule has 3 rings (SSSR count). The second-order valence-electron chi connectivity index (χ2n) is 5.39. The number of hydrogen-bond acceptors (Lipinski definition) is 2. The van der Waals surface area contributed by atoms with Crippen LogP contribution in [-0.2, 0) is 4.79 Å². The lowest BCUT2D eigenvalue weighted by Crippen LogP contribution is -2.31. The van der Waals surface area contributed by atoms with Crippen molar-refractivity contribution >= 4 is 39.7 Å². The number of halogens is 1. The maximum atomic E-state index is 12.3. The van der Waals surface area contributed by atoms with E-state index < -0.39 is 0 Å². The van der Waals surface area contributed by atoms with Crippen LogP contribution in [0.1, 0.15) is 6.92 Å². The Bertz CT molecular complexity index is 842. The Morgan fingerprint density at radius 3 is 2.57 bits per heavy atom. The van der Waals surface area contributed by atoms with Crippen molar-refractivity contribution in [2.75, 3.05) is 10.6 Å². The van der Waals surface area contributed by atoms with Crippen LogP contribution in [-0.4, -0.2) is 11.9 Å². The normalized spacial score (nSPS) is 11.9. The molecule has 0 heterocycles. The standard InChI is InChI=1S/C19H17ClN2O/c1-13(19(23)22-16-9-5-8-15(20)12-16)21-18-11-4-7-14-6-2-3-10-17(14)18/h2-13,21H,1H3,(H,22,23)/t13-/m1/s1. The van der Waals surface area contributed by atoms with E-state index >= 15 is 0 Å². The van der Waals surface area contributed by atoms with Crippen LogP contribution in [0.25, 0.3) is 10.8 Å². The van der Waals surface area contributed by atoms with Gasteiger partial charge in [-0.2, -0.15) is 0 Å². The van der Waals surface area contributed by atoms with Gasteiger partial charge in [0, 0.05) is 21.8 Å². The minimum Gasteiger partial charge on any atom is -0.373 e. The molecule has 0 aliphatic heterocycles. The summed E-state index contributed by atoms with van der Waals surface area (Å²) in [4.78, 5) is 12.3. The third-order valence-electron chi connectivity index (χ3n) is 3.65. The minimum absolute atomic E-state index is 0.111. The zero-order valence-electron chi connectivity index (χ0n) is 12.7. The number of benzene rings is 3. The molecule has 3 aromatic rings. The van der Waals surface area contributed by atoms with Crippen LogP contribution in [0.5, 0.6) is 0 Å². The zero-order chi connectivity index (χ0) is 16.2. The number of nitrogens with one attached hydrogen (secondary N) is 2. The molecule has 1 amide bonds. The first kappa shape index (κ1) is 15.4. The largest absolute Gasteiger partial charge is 0.373 e. The lowest BCUT2D eigenvalue weighted by atomic mass is 10.1. The van der Waals surface area contributed by atoms with Gasteiger partial charge >= 0.3 is 0 Å². The number of amides is 1. The molecular formula is C19H17ClN2O. The fraction of sp³-hybridized carbons (Fsp3) is 0.105. The van der Waals surface area contributed by atoms with Crippen LogP contribution in [0.3, 0.4) is 0 Å². The van der Waals surface area contributed by atoms with E-state index in [4.69, 9.17) is 11.6 Å². The Morgan fingerprint density at radius 1 is 1.00 bits per heavy atom. The average molecular weight is 325 g/mol.